The number of aryl methyl sites for hydroxylation is 4. The summed E-state index contributed by atoms with van der Waals surface area (Å²) < 4.78 is 2.30. The topological polar surface area (TPSA) is 37.2 Å². The third-order valence-corrected chi connectivity index (χ3v) is 7.76. The lowest BCUT2D eigenvalue weighted by Crippen LogP contribution is -2.47. The largest absolute Gasteiger partial charge is 0.308 e. The van der Waals surface area contributed by atoms with E-state index in [0.29, 0.717) is 0 Å². The van der Waals surface area contributed by atoms with E-state index in [-0.39, 0.29) is 0 Å². The molecule has 4 heterocycles. The van der Waals surface area contributed by atoms with Gasteiger partial charge in [0.25, 0.3) is 0 Å². The van der Waals surface area contributed by atoms with Crippen LogP contribution < -0.4 is 0 Å². The van der Waals surface area contributed by atoms with Crippen molar-refractivity contribution in [2.75, 3.05) is 26.2 Å². The standard InChI is InChI=1S/C29H41N5/c1-6-27-31-28-21(4)14-22(5)30-29(28)34(27)17-24-11-9-23(10-12-24)8-7-13-32-18-26-15-25(32)19-33(26)16-20(2)3/h9-12,14,20,25-26H,6-8,13,15-19H2,1-5H3/t25-,26-/m1/s1. The summed E-state index contributed by atoms with van der Waals surface area (Å²) in [7, 11) is 0. The van der Waals surface area contributed by atoms with Crippen molar-refractivity contribution < 1.29 is 0 Å². The Hall–Kier alpha value is -2.24. The molecule has 2 bridgehead atoms. The molecule has 0 aliphatic carbocycles. The molecule has 2 fully saturated rings. The first-order valence-corrected chi connectivity index (χ1v) is 13.3. The molecule has 0 N–H and O–H groups in total. The third-order valence-electron chi connectivity index (χ3n) is 7.76. The average molecular weight is 460 g/mol. The fraction of sp³-hybridized carbons (Fsp3) is 0.586. The molecule has 5 heteroatoms. The number of rotatable bonds is 9. The van der Waals surface area contributed by atoms with Crippen LogP contribution in [0.1, 0.15) is 61.8 Å². The van der Waals surface area contributed by atoms with Crippen molar-refractivity contribution in [1.29, 1.82) is 0 Å². The zero-order chi connectivity index (χ0) is 23.8. The van der Waals surface area contributed by atoms with Gasteiger partial charge in [0.2, 0.25) is 0 Å². The summed E-state index contributed by atoms with van der Waals surface area (Å²) in [6.07, 6.45) is 4.72. The second kappa shape index (κ2) is 9.79. The number of fused-ring (bicyclic) bond motifs is 3. The normalized spacial score (nSPS) is 20.9. The molecule has 0 radical (unpaired) electrons. The molecule has 0 spiro atoms. The Labute approximate surface area is 205 Å². The van der Waals surface area contributed by atoms with Crippen molar-refractivity contribution in [3.05, 3.63) is 58.5 Å². The molecule has 0 unspecified atom stereocenters. The zero-order valence-electron chi connectivity index (χ0n) is 21.7. The summed E-state index contributed by atoms with van der Waals surface area (Å²) in [6, 6.07) is 13.0. The Morgan fingerprint density at radius 2 is 1.68 bits per heavy atom. The molecule has 5 rings (SSSR count). The highest BCUT2D eigenvalue weighted by Gasteiger charge is 2.42. The van der Waals surface area contributed by atoms with Crippen molar-refractivity contribution in [3.63, 3.8) is 0 Å². The predicted molar refractivity (Wildman–Crippen MR) is 140 cm³/mol. The Bertz CT molecular complexity index is 1130. The van der Waals surface area contributed by atoms with Crippen LogP contribution in [0.3, 0.4) is 0 Å². The van der Waals surface area contributed by atoms with Crippen molar-refractivity contribution in [1.82, 2.24) is 24.3 Å². The highest BCUT2D eigenvalue weighted by atomic mass is 15.3. The van der Waals surface area contributed by atoms with Crippen LogP contribution in [0, 0.1) is 19.8 Å². The van der Waals surface area contributed by atoms with E-state index >= 15 is 0 Å². The summed E-state index contributed by atoms with van der Waals surface area (Å²) in [5, 5.41) is 0. The van der Waals surface area contributed by atoms with Crippen LogP contribution in [0.5, 0.6) is 0 Å². The first-order valence-electron chi connectivity index (χ1n) is 13.3. The van der Waals surface area contributed by atoms with Gasteiger partial charge in [-0.05, 0) is 68.3 Å². The average Bonchev–Trinajstić information content (AvgIpc) is 3.47. The van der Waals surface area contributed by atoms with Gasteiger partial charge in [-0.3, -0.25) is 9.80 Å². The van der Waals surface area contributed by atoms with Gasteiger partial charge in [-0.25, -0.2) is 9.97 Å². The molecule has 34 heavy (non-hydrogen) atoms. The summed E-state index contributed by atoms with van der Waals surface area (Å²) in [6.45, 7) is 17.0. The van der Waals surface area contributed by atoms with Gasteiger partial charge < -0.3 is 4.57 Å². The number of likely N-dealkylation sites (tertiary alicyclic amines) is 2. The van der Waals surface area contributed by atoms with Crippen LogP contribution in [-0.4, -0.2) is 62.6 Å². The molecule has 0 amide bonds. The predicted octanol–water partition coefficient (Wildman–Crippen LogP) is 5.01. The van der Waals surface area contributed by atoms with E-state index in [4.69, 9.17) is 9.97 Å². The molecule has 2 aliphatic rings. The molecule has 2 saturated heterocycles. The first kappa shape index (κ1) is 23.5. The van der Waals surface area contributed by atoms with Gasteiger partial charge in [0.1, 0.15) is 11.3 Å². The van der Waals surface area contributed by atoms with Crippen LogP contribution in [0.25, 0.3) is 11.2 Å². The summed E-state index contributed by atoms with van der Waals surface area (Å²) >= 11 is 0. The summed E-state index contributed by atoms with van der Waals surface area (Å²) in [4.78, 5) is 15.2. The first-order chi connectivity index (χ1) is 16.4. The van der Waals surface area contributed by atoms with Gasteiger partial charge in [-0.15, -0.1) is 0 Å². The SMILES string of the molecule is CCc1nc2c(C)cc(C)nc2n1Cc1ccc(CCCN2C[C@H]3C[C@@H]2CN3CC(C)C)cc1. The number of hydrogen-bond acceptors (Lipinski definition) is 4. The van der Waals surface area contributed by atoms with E-state index in [9.17, 15) is 0 Å². The lowest BCUT2D eigenvalue weighted by Gasteiger charge is -2.35. The highest BCUT2D eigenvalue weighted by Crippen LogP contribution is 2.31. The molecule has 182 valence electrons. The van der Waals surface area contributed by atoms with Crippen molar-refractivity contribution in [2.45, 2.75) is 78.9 Å². The van der Waals surface area contributed by atoms with Gasteiger partial charge in [0.05, 0.1) is 6.54 Å². The number of imidazole rings is 1. The smallest absolute Gasteiger partial charge is 0.160 e. The molecule has 3 aromatic rings. The monoisotopic (exact) mass is 459 g/mol. The second-order valence-electron chi connectivity index (χ2n) is 11.0. The number of pyridine rings is 1. The van der Waals surface area contributed by atoms with Crippen LogP contribution in [0.2, 0.25) is 0 Å². The van der Waals surface area contributed by atoms with Gasteiger partial charge >= 0.3 is 0 Å². The Balaban J connectivity index is 1.17. The molecular weight excluding hydrogens is 418 g/mol. The van der Waals surface area contributed by atoms with Crippen LogP contribution >= 0.6 is 0 Å². The Morgan fingerprint density at radius 1 is 0.971 bits per heavy atom. The van der Waals surface area contributed by atoms with E-state index in [1.165, 1.54) is 55.7 Å². The van der Waals surface area contributed by atoms with Crippen LogP contribution in [-0.2, 0) is 19.4 Å². The number of piperazine rings is 1. The lowest BCUT2D eigenvalue weighted by molar-refractivity contribution is 0.117. The van der Waals surface area contributed by atoms with E-state index in [0.717, 1.165) is 60.1 Å². The number of nitrogens with zero attached hydrogens (tertiary/aromatic N) is 5. The molecule has 2 atom stereocenters. The fourth-order valence-corrected chi connectivity index (χ4v) is 6.16. The lowest BCUT2D eigenvalue weighted by atomic mass is 10.1. The van der Waals surface area contributed by atoms with Crippen molar-refractivity contribution >= 4 is 11.2 Å². The van der Waals surface area contributed by atoms with Gasteiger partial charge in [-0.2, -0.15) is 0 Å². The third kappa shape index (κ3) is 4.78. The zero-order valence-corrected chi connectivity index (χ0v) is 21.7. The molecule has 1 aromatic carbocycles. The van der Waals surface area contributed by atoms with Crippen LogP contribution in [0.15, 0.2) is 30.3 Å². The second-order valence-corrected chi connectivity index (χ2v) is 11.0. The molecular formula is C29H41N5. The highest BCUT2D eigenvalue weighted by molar-refractivity contribution is 5.76. The quantitative estimate of drug-likeness (QED) is 0.451. The number of benzene rings is 1. The minimum Gasteiger partial charge on any atom is -0.308 e. The number of aromatic nitrogens is 3. The maximum atomic E-state index is 4.89. The molecule has 5 nitrogen and oxygen atoms in total. The van der Waals surface area contributed by atoms with Gasteiger partial charge in [-0.1, -0.05) is 45.0 Å². The van der Waals surface area contributed by atoms with Crippen molar-refractivity contribution in [2.24, 2.45) is 5.92 Å². The molecule has 2 aliphatic heterocycles. The Morgan fingerprint density at radius 3 is 2.35 bits per heavy atom. The van der Waals surface area contributed by atoms with E-state index < -0.39 is 0 Å². The van der Waals surface area contributed by atoms with E-state index in [1.807, 2.05) is 0 Å². The molecule has 2 aromatic heterocycles. The van der Waals surface area contributed by atoms with Gasteiger partial charge in [0, 0.05) is 43.8 Å². The molecule has 0 saturated carbocycles. The van der Waals surface area contributed by atoms with E-state index in [2.05, 4.69) is 79.3 Å². The van der Waals surface area contributed by atoms with Gasteiger partial charge in [0.15, 0.2) is 5.65 Å². The summed E-state index contributed by atoms with van der Waals surface area (Å²) in [5.41, 5.74) is 7.10. The number of hydrogen-bond donors (Lipinski definition) is 0. The minimum absolute atomic E-state index is 0.779. The fourth-order valence-electron chi connectivity index (χ4n) is 6.16. The maximum absolute atomic E-state index is 4.89. The van der Waals surface area contributed by atoms with Crippen LogP contribution in [0.4, 0.5) is 0 Å². The minimum atomic E-state index is 0.779. The van der Waals surface area contributed by atoms with Crippen molar-refractivity contribution in [3.8, 4) is 0 Å². The van der Waals surface area contributed by atoms with E-state index in [1.54, 1.807) is 0 Å². The Kier molecular flexibility index (Phi) is 6.76. The summed E-state index contributed by atoms with van der Waals surface area (Å²) in [5.74, 6) is 1.90. The maximum Gasteiger partial charge on any atom is 0.160 e.